The number of anilines is 1. The Balaban J connectivity index is 0.980. The Bertz CT molecular complexity index is 4310. The van der Waals surface area contributed by atoms with Gasteiger partial charge in [-0.25, -0.2) is 49.5 Å². The van der Waals surface area contributed by atoms with Gasteiger partial charge in [0.05, 0.1) is 59.3 Å². The molecule has 1 fully saturated rings. The first-order valence-corrected chi connectivity index (χ1v) is 34.7. The minimum absolute atomic E-state index is 0.00271. The predicted octanol–water partition coefficient (Wildman–Crippen LogP) is 10.7. The van der Waals surface area contributed by atoms with Crippen LogP contribution in [0.15, 0.2) is 74.6 Å². The number of rotatable bonds is 14. The number of benzene rings is 1. The summed E-state index contributed by atoms with van der Waals surface area (Å²) in [6, 6.07) is 11.4. The van der Waals surface area contributed by atoms with Gasteiger partial charge in [0.2, 0.25) is 23.5 Å². The number of oxazole rings is 1. The van der Waals surface area contributed by atoms with Crippen molar-refractivity contribution in [1.29, 1.82) is 0 Å². The van der Waals surface area contributed by atoms with Crippen LogP contribution in [-0.2, 0) is 37.0 Å². The van der Waals surface area contributed by atoms with Crippen LogP contribution in [0, 0.1) is 18.8 Å². The van der Waals surface area contributed by atoms with Crippen LogP contribution in [0.25, 0.3) is 43.4 Å². The average molecular weight is 1390 g/mol. The zero-order chi connectivity index (χ0) is 66.5. The molecule has 9 heterocycles. The van der Waals surface area contributed by atoms with Crippen molar-refractivity contribution >= 4 is 121 Å². The smallest absolute Gasteiger partial charge is 0.416 e. The molecule has 10 bridgehead atoms. The number of pyridine rings is 1. The van der Waals surface area contributed by atoms with Gasteiger partial charge in [-0.05, 0) is 56.2 Å². The minimum atomic E-state index is -1.37. The van der Waals surface area contributed by atoms with E-state index >= 15 is 0 Å². The number of thiazole rings is 6. The lowest BCUT2D eigenvalue weighted by Gasteiger charge is -2.28. The number of carboxylic acids is 2. The van der Waals surface area contributed by atoms with Crippen LogP contribution < -0.4 is 26.2 Å². The maximum Gasteiger partial charge on any atom is 0.416 e. The van der Waals surface area contributed by atoms with E-state index in [1.54, 1.807) is 35.2 Å². The summed E-state index contributed by atoms with van der Waals surface area (Å²) in [5.41, 5.74) is 3.11. The quantitative estimate of drug-likeness (QED) is 0.0589. The normalized spacial score (nSPS) is 18.4. The molecule has 26 nitrogen and oxygen atoms in total. The van der Waals surface area contributed by atoms with Crippen LogP contribution in [0.5, 0.6) is 0 Å². The average Bonchev–Trinajstić information content (AvgIpc) is 1.63. The molecule has 1 aromatic carbocycles. The van der Waals surface area contributed by atoms with Gasteiger partial charge in [-0.1, -0.05) is 51.1 Å². The van der Waals surface area contributed by atoms with Crippen LogP contribution in [0.3, 0.4) is 0 Å². The Morgan fingerprint density at radius 1 is 0.745 bits per heavy atom. The third kappa shape index (κ3) is 15.0. The molecule has 0 spiro atoms. The Morgan fingerprint density at radius 2 is 1.46 bits per heavy atom. The van der Waals surface area contributed by atoms with Crippen molar-refractivity contribution in [2.45, 2.75) is 109 Å². The van der Waals surface area contributed by atoms with E-state index in [1.165, 1.54) is 59.5 Å². The zero-order valence-electron chi connectivity index (χ0n) is 51.2. The van der Waals surface area contributed by atoms with Gasteiger partial charge in [-0.2, -0.15) is 0 Å². The van der Waals surface area contributed by atoms with Crippen molar-refractivity contribution in [3.63, 3.8) is 0 Å². The van der Waals surface area contributed by atoms with Crippen molar-refractivity contribution < 1.29 is 62.5 Å². The molecular weight excluding hydrogens is 1330 g/mol. The van der Waals surface area contributed by atoms with Gasteiger partial charge in [-0.3, -0.25) is 33.7 Å². The molecule has 94 heavy (non-hydrogen) atoms. The standard InChI is InChI=1S/C62H61N13O13S6/c1-28(2)35-18-41(76)49-30(4)93-58(73-49)37(19-45(77)63-5)67-52(79)39-25-89-54(69-39)34-16-17-36(56-71-44(27-92-56)75(22-47-64-20-42(88-47)61(83)84)62(85)87-33-14-12-32(13-15-33)60(81)82)66-50(34)38-24-90-57(68-38)40-26-91-59(70-40)48(29(3)31-10-8-7-9-11-31)72-46(78)21-65-53(80)51-43(23-86-6)94-55(35)74-51/h7-11,16-17,20,24-29,32-33,35,37,48H,12-15,18-19,21-23H2,1-6H3,(H,63,77)(H,65,80)(H,67,79)(H,72,78)(H,81,82)(H,83,84)/t29-,32?,33?,35?,37-,48-/m0/s1. The number of Topliss-reactive ketones (excluding diaryl/α,β-unsaturated/α-hetero) is 1. The highest BCUT2D eigenvalue weighted by Gasteiger charge is 2.35. The molecule has 0 radical (unpaired) electrons. The number of carbonyl (C=O) groups is 8. The number of hydrogen-bond acceptors (Lipinski definition) is 25. The van der Waals surface area contributed by atoms with E-state index in [0.717, 1.165) is 39.3 Å². The maximum atomic E-state index is 14.5. The lowest BCUT2D eigenvalue weighted by molar-refractivity contribution is -0.143. The first-order valence-electron chi connectivity index (χ1n) is 29.6. The van der Waals surface area contributed by atoms with Crippen molar-refractivity contribution in [2.24, 2.45) is 11.8 Å². The van der Waals surface area contributed by atoms with Crippen LogP contribution in [-0.4, -0.2) is 124 Å². The van der Waals surface area contributed by atoms with Crippen LogP contribution in [0.2, 0.25) is 0 Å². The molecular formula is C62H61N13O13S6. The summed E-state index contributed by atoms with van der Waals surface area (Å²) in [5, 5.41) is 40.0. The number of carbonyl (C=O) groups excluding carboxylic acids is 6. The van der Waals surface area contributed by atoms with Gasteiger partial charge >= 0.3 is 18.0 Å². The van der Waals surface area contributed by atoms with E-state index in [2.05, 4.69) is 26.3 Å². The molecule has 4 atom stereocenters. The molecule has 11 rings (SSSR count). The minimum Gasteiger partial charge on any atom is -0.481 e. The Morgan fingerprint density at radius 3 is 2.18 bits per heavy atom. The van der Waals surface area contributed by atoms with E-state index in [9.17, 15) is 48.6 Å². The molecule has 1 saturated carbocycles. The van der Waals surface area contributed by atoms with E-state index in [0.29, 0.717) is 93.8 Å². The number of fused-ring (bicyclic) bond motifs is 14. The van der Waals surface area contributed by atoms with Gasteiger partial charge < -0.3 is 45.4 Å². The summed E-state index contributed by atoms with van der Waals surface area (Å²) >= 11 is 7.30. The number of carboxylic acid groups (broad SMARTS) is 2. The van der Waals surface area contributed by atoms with Gasteiger partial charge in [0, 0.05) is 64.4 Å². The molecule has 1 aliphatic heterocycles. The fourth-order valence-electron chi connectivity index (χ4n) is 10.7. The number of nitrogens with zero attached hydrogens (tertiary/aromatic N) is 9. The number of aromatic carboxylic acids is 1. The molecule has 1 aliphatic carbocycles. The number of amides is 5. The van der Waals surface area contributed by atoms with E-state index in [1.807, 2.05) is 56.5 Å². The van der Waals surface area contributed by atoms with Crippen molar-refractivity contribution in [3.05, 3.63) is 129 Å². The summed E-state index contributed by atoms with van der Waals surface area (Å²) in [6.07, 6.45) is 0.522. The van der Waals surface area contributed by atoms with E-state index < -0.39 is 84.0 Å². The molecule has 1 unspecified atom stereocenters. The SMILES string of the molecule is CNC(=O)C[C@@H]1NC(=O)c2csc(n2)-c2ccc(-c3nc(N(Cc4ncc(C(=O)O)o4)C(=O)OC4CCC(C(=O)O)CC4)cs3)nc2-c2csc(n2)-c2csc(n2)[C@H]([C@@H](C)c2ccccc2)NC(=O)CNC(=O)c2nc(sc2COC)C(C(C)C)CC(=O)c2nc1sc2C. The molecule has 9 aromatic rings. The molecule has 488 valence electrons. The maximum absolute atomic E-state index is 14.5. The molecule has 6 N–H and O–H groups in total. The van der Waals surface area contributed by atoms with Crippen LogP contribution in [0.1, 0.15) is 161 Å². The highest BCUT2D eigenvalue weighted by molar-refractivity contribution is 7.15. The largest absolute Gasteiger partial charge is 0.481 e. The number of nitrogens with one attached hydrogen (secondary N) is 4. The van der Waals surface area contributed by atoms with Crippen molar-refractivity contribution in [1.82, 2.24) is 61.1 Å². The third-order valence-electron chi connectivity index (χ3n) is 15.8. The second kappa shape index (κ2) is 29.2. The summed E-state index contributed by atoms with van der Waals surface area (Å²) in [6.45, 7) is 6.85. The third-order valence-corrected chi connectivity index (χ3v) is 21.6. The highest BCUT2D eigenvalue weighted by atomic mass is 32.1. The molecule has 32 heteroatoms. The van der Waals surface area contributed by atoms with Gasteiger partial charge in [0.1, 0.15) is 77.7 Å². The lowest BCUT2D eigenvalue weighted by atomic mass is 9.87. The summed E-state index contributed by atoms with van der Waals surface area (Å²) in [7, 11) is 2.97. The number of aryl methyl sites for hydroxylation is 1. The molecule has 0 saturated heterocycles. The first kappa shape index (κ1) is 66.5. The number of ketones is 1. The number of aliphatic carboxylic acids is 1. The van der Waals surface area contributed by atoms with Crippen molar-refractivity contribution in [3.8, 4) is 43.4 Å². The number of methoxy groups -OCH3 is 1. The lowest BCUT2D eigenvalue weighted by Crippen LogP contribution is -2.40. The Labute approximate surface area is 560 Å². The number of ether oxygens (including phenoxy) is 2. The topological polar surface area (TPSA) is 363 Å². The van der Waals surface area contributed by atoms with Gasteiger partial charge in [0.15, 0.2) is 5.78 Å². The highest BCUT2D eigenvalue weighted by Crippen LogP contribution is 2.42. The fraction of sp³-hybridized carbons (Fsp3) is 0.355. The second-order valence-corrected chi connectivity index (χ2v) is 28.3. The molecule has 2 aliphatic rings. The fourth-order valence-corrected chi connectivity index (χ4v) is 16.4. The van der Waals surface area contributed by atoms with Crippen LogP contribution in [0.4, 0.5) is 10.6 Å². The second-order valence-electron chi connectivity index (χ2n) is 22.5. The summed E-state index contributed by atoms with van der Waals surface area (Å²) in [5.74, 6) is -6.73. The van der Waals surface area contributed by atoms with Crippen molar-refractivity contribution in [2.75, 3.05) is 25.6 Å². The van der Waals surface area contributed by atoms with Crippen LogP contribution >= 0.6 is 68.0 Å². The molecule has 8 aromatic heterocycles. The Hall–Kier alpha value is -8.92. The zero-order valence-corrected chi connectivity index (χ0v) is 56.1. The summed E-state index contributed by atoms with van der Waals surface area (Å²) in [4.78, 5) is 149. The number of hydrogen-bond donors (Lipinski definition) is 6. The van der Waals surface area contributed by atoms with Gasteiger partial charge in [-0.15, -0.1) is 68.0 Å². The molecule has 5 amide bonds. The van der Waals surface area contributed by atoms with E-state index in [4.69, 9.17) is 48.8 Å². The first-order chi connectivity index (χ1) is 45.2. The number of aromatic nitrogens is 8. The Kier molecular flexibility index (Phi) is 20.6. The van der Waals surface area contributed by atoms with E-state index in [-0.39, 0.29) is 72.4 Å². The monoisotopic (exact) mass is 1390 g/mol. The predicted molar refractivity (Wildman–Crippen MR) is 351 cm³/mol. The summed E-state index contributed by atoms with van der Waals surface area (Å²) < 4.78 is 16.9. The van der Waals surface area contributed by atoms with Gasteiger partial charge in [0.25, 0.3) is 11.8 Å².